The van der Waals surface area contributed by atoms with E-state index < -0.39 is 17.8 Å². The maximum absolute atomic E-state index is 13.3. The molecule has 192 valence electrons. The number of alkyl halides is 3. The minimum atomic E-state index is -4.48. The molecule has 0 saturated heterocycles. The molecule has 1 aliphatic carbocycles. The number of fused-ring (bicyclic) bond motifs is 1. The number of anilines is 2. The molecular weight excluding hydrogens is 467 g/mol. The quantitative estimate of drug-likeness (QED) is 0.416. The molecule has 1 aliphatic rings. The normalized spacial score (nSPS) is 19.2. The molecule has 0 unspecified atom stereocenters. The number of hydrogen-bond donors (Lipinski definition) is 2. The van der Waals surface area contributed by atoms with Crippen molar-refractivity contribution in [1.82, 2.24) is 14.9 Å². The van der Waals surface area contributed by atoms with Crippen LogP contribution in [0.4, 0.5) is 24.7 Å². The van der Waals surface area contributed by atoms with Crippen LogP contribution < -0.4 is 11.1 Å². The first-order chi connectivity index (χ1) is 16.9. The second-order valence-corrected chi connectivity index (χ2v) is 9.93. The van der Waals surface area contributed by atoms with Gasteiger partial charge in [0.1, 0.15) is 11.6 Å². The lowest BCUT2D eigenvalue weighted by Gasteiger charge is -2.29. The third-order valence-corrected chi connectivity index (χ3v) is 6.98. The number of nitrogens with zero attached hydrogens (tertiary/aromatic N) is 3. The Labute approximate surface area is 209 Å². The number of nitrogens with two attached hydrogens (primary N) is 1. The number of rotatable bonds is 5. The minimum absolute atomic E-state index is 0.0582. The number of aryl methyl sites for hydroxylation is 1. The Bertz CT molecular complexity index is 1270. The van der Waals surface area contributed by atoms with Crippen LogP contribution in [-0.2, 0) is 11.0 Å². The summed E-state index contributed by atoms with van der Waals surface area (Å²) in [5, 5.41) is 4.10. The van der Waals surface area contributed by atoms with Crippen molar-refractivity contribution in [2.75, 3.05) is 25.1 Å². The summed E-state index contributed by atoms with van der Waals surface area (Å²) in [4.78, 5) is 23.1. The SMILES string of the molecule is Cc1nc(N[C@H](C)c2cc(N)cc(C(F)(F)F)c2)c2cc([C@H]3CC[C@H](C(=O)N(C)C)CC3)ccc2n1. The van der Waals surface area contributed by atoms with Crippen molar-refractivity contribution < 1.29 is 18.0 Å². The molecule has 1 atom stereocenters. The Balaban J connectivity index is 1.60. The van der Waals surface area contributed by atoms with Crippen LogP contribution >= 0.6 is 0 Å². The fraction of sp³-hybridized carbons (Fsp3) is 0.444. The largest absolute Gasteiger partial charge is 0.416 e. The van der Waals surface area contributed by atoms with Gasteiger partial charge in [-0.1, -0.05) is 6.07 Å². The third kappa shape index (κ3) is 5.55. The highest BCUT2D eigenvalue weighted by Crippen LogP contribution is 2.38. The van der Waals surface area contributed by atoms with E-state index in [1.54, 1.807) is 38.9 Å². The van der Waals surface area contributed by atoms with E-state index in [-0.39, 0.29) is 17.5 Å². The van der Waals surface area contributed by atoms with E-state index in [2.05, 4.69) is 27.4 Å². The average Bonchev–Trinajstić information content (AvgIpc) is 2.82. The third-order valence-electron chi connectivity index (χ3n) is 6.98. The molecule has 1 aromatic heterocycles. The van der Waals surface area contributed by atoms with Crippen molar-refractivity contribution in [2.24, 2.45) is 5.92 Å². The molecule has 0 bridgehead atoms. The maximum atomic E-state index is 13.3. The van der Waals surface area contributed by atoms with Gasteiger partial charge in [-0.2, -0.15) is 13.2 Å². The van der Waals surface area contributed by atoms with Gasteiger partial charge < -0.3 is 16.0 Å². The Morgan fingerprint density at radius 2 is 1.78 bits per heavy atom. The van der Waals surface area contributed by atoms with Crippen LogP contribution in [0, 0.1) is 12.8 Å². The van der Waals surface area contributed by atoms with Crippen LogP contribution in [0.15, 0.2) is 36.4 Å². The molecule has 36 heavy (non-hydrogen) atoms. The average molecular weight is 500 g/mol. The number of nitrogens with one attached hydrogen (secondary N) is 1. The highest BCUT2D eigenvalue weighted by atomic mass is 19.4. The lowest BCUT2D eigenvalue weighted by molar-refractivity contribution is -0.137. The van der Waals surface area contributed by atoms with Gasteiger partial charge in [-0.15, -0.1) is 0 Å². The van der Waals surface area contributed by atoms with Crippen molar-refractivity contribution >= 4 is 28.3 Å². The van der Waals surface area contributed by atoms with Crippen molar-refractivity contribution in [1.29, 1.82) is 0 Å². The molecule has 9 heteroatoms. The van der Waals surface area contributed by atoms with Gasteiger partial charge in [0.15, 0.2) is 0 Å². The molecule has 0 radical (unpaired) electrons. The number of amides is 1. The Morgan fingerprint density at radius 3 is 2.42 bits per heavy atom. The Hall–Kier alpha value is -3.36. The summed E-state index contributed by atoms with van der Waals surface area (Å²) in [5.41, 5.74) is 7.40. The minimum Gasteiger partial charge on any atom is -0.399 e. The first-order valence-electron chi connectivity index (χ1n) is 12.2. The van der Waals surface area contributed by atoms with Crippen molar-refractivity contribution in [3.63, 3.8) is 0 Å². The summed E-state index contributed by atoms with van der Waals surface area (Å²) in [6.45, 7) is 3.57. The van der Waals surface area contributed by atoms with E-state index in [0.29, 0.717) is 23.1 Å². The van der Waals surface area contributed by atoms with E-state index in [0.717, 1.165) is 54.3 Å². The lowest BCUT2D eigenvalue weighted by atomic mass is 9.78. The monoisotopic (exact) mass is 499 g/mol. The zero-order valence-corrected chi connectivity index (χ0v) is 21.0. The van der Waals surface area contributed by atoms with Gasteiger partial charge in [0.25, 0.3) is 0 Å². The first kappa shape index (κ1) is 25.7. The van der Waals surface area contributed by atoms with Crippen LogP contribution in [-0.4, -0.2) is 34.9 Å². The lowest BCUT2D eigenvalue weighted by Crippen LogP contribution is -2.31. The van der Waals surface area contributed by atoms with Gasteiger partial charge in [-0.05, 0) is 86.9 Å². The first-order valence-corrected chi connectivity index (χ1v) is 12.2. The fourth-order valence-electron chi connectivity index (χ4n) is 5.04. The number of aromatic nitrogens is 2. The molecule has 1 saturated carbocycles. The number of carbonyl (C=O) groups excluding carboxylic acids is 1. The van der Waals surface area contributed by atoms with Crippen LogP contribution in [0.5, 0.6) is 0 Å². The molecule has 2 aromatic carbocycles. The number of halogens is 3. The molecule has 1 heterocycles. The van der Waals surface area contributed by atoms with Crippen LogP contribution in [0.1, 0.15) is 67.1 Å². The molecule has 6 nitrogen and oxygen atoms in total. The topological polar surface area (TPSA) is 84.1 Å². The smallest absolute Gasteiger partial charge is 0.399 e. The van der Waals surface area contributed by atoms with E-state index in [1.165, 1.54) is 0 Å². The number of benzene rings is 2. The van der Waals surface area contributed by atoms with Gasteiger partial charge in [0.2, 0.25) is 5.91 Å². The summed E-state index contributed by atoms with van der Waals surface area (Å²) in [6.07, 6.45) is -0.935. The summed E-state index contributed by atoms with van der Waals surface area (Å²) < 4.78 is 39.9. The molecule has 3 N–H and O–H groups in total. The van der Waals surface area contributed by atoms with Gasteiger partial charge >= 0.3 is 6.18 Å². The molecule has 3 aromatic rings. The number of carbonyl (C=O) groups is 1. The molecule has 0 aliphatic heterocycles. The van der Waals surface area contributed by atoms with Gasteiger partial charge in [-0.25, -0.2) is 9.97 Å². The summed E-state index contributed by atoms with van der Waals surface area (Å²) in [6, 6.07) is 9.24. The molecular formula is C27H32F3N5O. The van der Waals surface area contributed by atoms with E-state index in [9.17, 15) is 18.0 Å². The zero-order chi connectivity index (χ0) is 26.2. The van der Waals surface area contributed by atoms with Crippen molar-refractivity contribution in [3.05, 3.63) is 58.9 Å². The molecule has 1 fully saturated rings. The highest BCUT2D eigenvalue weighted by molar-refractivity contribution is 5.90. The van der Waals surface area contributed by atoms with Crippen LogP contribution in [0.25, 0.3) is 10.9 Å². The summed E-state index contributed by atoms with van der Waals surface area (Å²) >= 11 is 0. The second-order valence-electron chi connectivity index (χ2n) is 9.93. The van der Waals surface area contributed by atoms with Gasteiger partial charge in [-0.3, -0.25) is 4.79 Å². The fourth-order valence-corrected chi connectivity index (χ4v) is 5.04. The van der Waals surface area contributed by atoms with Crippen molar-refractivity contribution in [3.8, 4) is 0 Å². The molecule has 1 amide bonds. The predicted octanol–water partition coefficient (Wildman–Crippen LogP) is 6.07. The van der Waals surface area contributed by atoms with Crippen LogP contribution in [0.3, 0.4) is 0 Å². The van der Waals surface area contributed by atoms with E-state index in [1.807, 2.05) is 6.07 Å². The summed E-state index contributed by atoms with van der Waals surface area (Å²) in [5.74, 6) is 1.72. The second kappa shape index (κ2) is 9.95. The van der Waals surface area contributed by atoms with Crippen molar-refractivity contribution in [2.45, 2.75) is 57.7 Å². The highest BCUT2D eigenvalue weighted by Gasteiger charge is 2.32. The number of hydrogen-bond acceptors (Lipinski definition) is 5. The van der Waals surface area contributed by atoms with E-state index >= 15 is 0 Å². The Kier molecular flexibility index (Phi) is 7.11. The van der Waals surface area contributed by atoms with Gasteiger partial charge in [0.05, 0.1) is 17.1 Å². The summed E-state index contributed by atoms with van der Waals surface area (Å²) in [7, 11) is 3.59. The Morgan fingerprint density at radius 1 is 1.08 bits per heavy atom. The molecule has 0 spiro atoms. The molecule has 4 rings (SSSR count). The van der Waals surface area contributed by atoms with Crippen LogP contribution in [0.2, 0.25) is 0 Å². The predicted molar refractivity (Wildman–Crippen MR) is 136 cm³/mol. The standard InChI is InChI=1S/C27H32F3N5O/c1-15(20-11-21(27(28,29)30)14-22(31)12-20)32-25-23-13-19(9-10-24(23)33-16(2)34-25)17-5-7-18(8-6-17)26(36)35(3)4/h9-15,17-18H,5-8,31H2,1-4H3,(H,32,33,34)/t15-,17-,18-/m1/s1. The van der Waals surface area contributed by atoms with E-state index in [4.69, 9.17) is 5.73 Å². The number of nitrogen functional groups attached to an aromatic ring is 1. The maximum Gasteiger partial charge on any atom is 0.416 e. The van der Waals surface area contributed by atoms with Gasteiger partial charge in [0, 0.05) is 31.1 Å². The zero-order valence-electron chi connectivity index (χ0n) is 21.0.